The topological polar surface area (TPSA) is 85.2 Å². The largest absolute Gasteiger partial charge is 0.508 e. The predicted molar refractivity (Wildman–Crippen MR) is 63.5 cm³/mol. The lowest BCUT2D eigenvalue weighted by Gasteiger charge is -2.09. The maximum absolute atomic E-state index is 9.37. The van der Waals surface area contributed by atoms with Crippen molar-refractivity contribution in [1.82, 2.24) is 10.1 Å². The number of aromatic nitrogens is 2. The van der Waals surface area contributed by atoms with E-state index in [0.717, 1.165) is 5.56 Å². The van der Waals surface area contributed by atoms with Gasteiger partial charge in [-0.25, -0.2) is 0 Å². The van der Waals surface area contributed by atoms with Crippen LogP contribution in [0, 0.1) is 0 Å². The van der Waals surface area contributed by atoms with E-state index in [4.69, 9.17) is 10.3 Å². The van der Waals surface area contributed by atoms with Gasteiger partial charge in [0.1, 0.15) is 5.75 Å². The smallest absolute Gasteiger partial charge is 0.231 e. The molecule has 0 amide bonds. The van der Waals surface area contributed by atoms with Crippen LogP contribution in [-0.4, -0.2) is 21.3 Å². The zero-order chi connectivity index (χ0) is 12.4. The predicted octanol–water partition coefficient (Wildman–Crippen LogP) is 1.89. The normalized spacial score (nSPS) is 14.5. The van der Waals surface area contributed by atoms with Gasteiger partial charge in [0.15, 0.2) is 0 Å². The van der Waals surface area contributed by atoms with Gasteiger partial charge in [-0.3, -0.25) is 0 Å². The average molecular weight is 233 g/mol. The minimum atomic E-state index is -0.0486. The van der Waals surface area contributed by atoms with Crippen LogP contribution in [0.15, 0.2) is 28.8 Å². The first kappa shape index (κ1) is 11.6. The van der Waals surface area contributed by atoms with Gasteiger partial charge in [-0.05, 0) is 19.1 Å². The summed E-state index contributed by atoms with van der Waals surface area (Å²) in [4.78, 5) is 4.27. The van der Waals surface area contributed by atoms with E-state index in [2.05, 4.69) is 10.1 Å². The lowest BCUT2D eigenvalue weighted by Crippen LogP contribution is -2.22. The fourth-order valence-corrected chi connectivity index (χ4v) is 1.41. The Hall–Kier alpha value is -1.88. The number of phenolic OH excluding ortho intramolecular Hbond substituents is 1. The molecule has 0 saturated carbocycles. The van der Waals surface area contributed by atoms with Crippen LogP contribution < -0.4 is 5.73 Å². The lowest BCUT2D eigenvalue weighted by molar-refractivity contribution is 0.346. The summed E-state index contributed by atoms with van der Waals surface area (Å²) >= 11 is 0. The highest BCUT2D eigenvalue weighted by molar-refractivity contribution is 5.56. The van der Waals surface area contributed by atoms with E-state index >= 15 is 0 Å². The van der Waals surface area contributed by atoms with Crippen LogP contribution in [0.1, 0.15) is 25.7 Å². The zero-order valence-electron chi connectivity index (χ0n) is 9.79. The number of hydrogen-bond donors (Lipinski definition) is 2. The van der Waals surface area contributed by atoms with Crippen molar-refractivity contribution in [3.05, 3.63) is 30.2 Å². The highest BCUT2D eigenvalue weighted by Crippen LogP contribution is 2.23. The quantitative estimate of drug-likeness (QED) is 0.845. The van der Waals surface area contributed by atoms with E-state index in [1.807, 2.05) is 19.9 Å². The first-order valence-corrected chi connectivity index (χ1v) is 5.46. The molecule has 0 bridgehead atoms. The second-order valence-corrected chi connectivity index (χ2v) is 4.15. The van der Waals surface area contributed by atoms with Gasteiger partial charge in [-0.1, -0.05) is 24.2 Å². The fourth-order valence-electron chi connectivity index (χ4n) is 1.41. The molecule has 0 fully saturated rings. The Balaban J connectivity index is 2.30. The summed E-state index contributed by atoms with van der Waals surface area (Å²) in [6.07, 6.45) is 0. The van der Waals surface area contributed by atoms with Gasteiger partial charge in [-0.15, -0.1) is 0 Å². The second-order valence-electron chi connectivity index (χ2n) is 4.15. The molecule has 0 aliphatic carbocycles. The first-order valence-electron chi connectivity index (χ1n) is 5.46. The third kappa shape index (κ3) is 2.45. The van der Waals surface area contributed by atoms with Crippen molar-refractivity contribution in [3.8, 4) is 17.1 Å². The molecular weight excluding hydrogens is 218 g/mol. The molecule has 90 valence electrons. The Morgan fingerprint density at radius 1 is 1.35 bits per heavy atom. The van der Waals surface area contributed by atoms with Crippen LogP contribution >= 0.6 is 0 Å². The molecule has 0 spiro atoms. The Labute approximate surface area is 99.3 Å². The minimum Gasteiger partial charge on any atom is -0.508 e. The average Bonchev–Trinajstić information content (AvgIpc) is 2.77. The van der Waals surface area contributed by atoms with Gasteiger partial charge in [0.25, 0.3) is 0 Å². The van der Waals surface area contributed by atoms with Gasteiger partial charge in [-0.2, -0.15) is 4.98 Å². The monoisotopic (exact) mass is 233 g/mol. The first-order chi connectivity index (χ1) is 8.08. The van der Waals surface area contributed by atoms with Crippen molar-refractivity contribution in [2.45, 2.75) is 25.8 Å². The van der Waals surface area contributed by atoms with Crippen LogP contribution in [0.25, 0.3) is 11.4 Å². The number of phenols is 1. The summed E-state index contributed by atoms with van der Waals surface area (Å²) < 4.78 is 5.16. The number of hydrogen-bond acceptors (Lipinski definition) is 5. The molecule has 5 heteroatoms. The minimum absolute atomic E-state index is 0.00793. The van der Waals surface area contributed by atoms with Crippen molar-refractivity contribution in [2.75, 3.05) is 0 Å². The molecule has 5 nitrogen and oxygen atoms in total. The number of nitrogens with two attached hydrogens (primary N) is 1. The number of benzene rings is 1. The molecule has 2 aromatic rings. The highest BCUT2D eigenvalue weighted by Gasteiger charge is 2.18. The summed E-state index contributed by atoms with van der Waals surface area (Å²) in [6, 6.07) is 6.67. The third-order valence-corrected chi connectivity index (χ3v) is 2.72. The molecule has 1 aromatic heterocycles. The molecule has 3 N–H and O–H groups in total. The number of nitrogens with zero attached hydrogens (tertiary/aromatic N) is 2. The molecule has 0 radical (unpaired) electrons. The van der Waals surface area contributed by atoms with Crippen LogP contribution in [0.2, 0.25) is 0 Å². The molecule has 2 atom stereocenters. The molecular formula is C12H15N3O2. The Morgan fingerprint density at radius 2 is 2.12 bits per heavy atom. The molecule has 0 saturated heterocycles. The fraction of sp³-hybridized carbons (Fsp3) is 0.333. The van der Waals surface area contributed by atoms with E-state index in [9.17, 15) is 5.11 Å². The Kier molecular flexibility index (Phi) is 3.10. The molecule has 0 aliphatic rings. The highest BCUT2D eigenvalue weighted by atomic mass is 16.5. The van der Waals surface area contributed by atoms with Gasteiger partial charge in [0, 0.05) is 11.6 Å². The van der Waals surface area contributed by atoms with E-state index < -0.39 is 0 Å². The second kappa shape index (κ2) is 4.55. The molecule has 1 aromatic carbocycles. The van der Waals surface area contributed by atoms with Crippen molar-refractivity contribution in [3.63, 3.8) is 0 Å². The summed E-state index contributed by atoms with van der Waals surface area (Å²) in [5.41, 5.74) is 6.49. The van der Waals surface area contributed by atoms with Crippen LogP contribution in [0.3, 0.4) is 0 Å². The van der Waals surface area contributed by atoms with Gasteiger partial charge >= 0.3 is 0 Å². The maximum atomic E-state index is 9.37. The van der Waals surface area contributed by atoms with Gasteiger partial charge in [0.2, 0.25) is 11.7 Å². The molecule has 17 heavy (non-hydrogen) atoms. The summed E-state index contributed by atoms with van der Waals surface area (Å²) in [5, 5.41) is 13.3. The standard InChI is InChI=1S/C12H15N3O2/c1-7(8(2)13)12-14-11(15-17-12)9-4-3-5-10(16)6-9/h3-8,16H,13H2,1-2H3. The maximum Gasteiger partial charge on any atom is 0.231 e. The van der Waals surface area contributed by atoms with E-state index in [-0.39, 0.29) is 17.7 Å². The lowest BCUT2D eigenvalue weighted by atomic mass is 10.1. The van der Waals surface area contributed by atoms with Crippen LogP contribution in [-0.2, 0) is 0 Å². The summed E-state index contributed by atoms with van der Waals surface area (Å²) in [5.74, 6) is 1.16. The number of rotatable bonds is 3. The zero-order valence-corrected chi connectivity index (χ0v) is 9.79. The van der Waals surface area contributed by atoms with E-state index in [0.29, 0.717) is 11.7 Å². The van der Waals surface area contributed by atoms with Crippen molar-refractivity contribution >= 4 is 0 Å². The van der Waals surface area contributed by atoms with Crippen molar-refractivity contribution in [1.29, 1.82) is 0 Å². The number of aromatic hydroxyl groups is 1. The summed E-state index contributed by atoms with van der Waals surface area (Å²) in [7, 11) is 0. The molecule has 1 heterocycles. The van der Waals surface area contributed by atoms with Crippen molar-refractivity contribution < 1.29 is 9.63 Å². The Bertz CT molecular complexity index is 508. The molecule has 2 unspecified atom stereocenters. The van der Waals surface area contributed by atoms with E-state index in [1.54, 1.807) is 18.2 Å². The van der Waals surface area contributed by atoms with Gasteiger partial charge < -0.3 is 15.4 Å². The third-order valence-electron chi connectivity index (χ3n) is 2.72. The van der Waals surface area contributed by atoms with Crippen molar-refractivity contribution in [2.24, 2.45) is 5.73 Å². The van der Waals surface area contributed by atoms with Gasteiger partial charge in [0.05, 0.1) is 5.92 Å². The van der Waals surface area contributed by atoms with E-state index in [1.165, 1.54) is 0 Å². The van der Waals surface area contributed by atoms with Crippen LogP contribution in [0.5, 0.6) is 5.75 Å². The molecule has 0 aliphatic heterocycles. The Morgan fingerprint density at radius 3 is 2.76 bits per heavy atom. The summed E-state index contributed by atoms with van der Waals surface area (Å²) in [6.45, 7) is 3.83. The molecule has 2 rings (SSSR count). The van der Waals surface area contributed by atoms with Crippen LogP contribution in [0.4, 0.5) is 0 Å². The SMILES string of the molecule is CC(N)C(C)c1nc(-c2cccc(O)c2)no1.